The van der Waals surface area contributed by atoms with Crippen LogP contribution in [0.15, 0.2) is 66.7 Å². The highest BCUT2D eigenvalue weighted by Crippen LogP contribution is 2.34. The third kappa shape index (κ3) is 8.42. The van der Waals surface area contributed by atoms with E-state index in [-0.39, 0.29) is 27.7 Å². The zero-order valence-electron chi connectivity index (χ0n) is 21.2. The van der Waals surface area contributed by atoms with E-state index in [1.165, 1.54) is 0 Å². The van der Waals surface area contributed by atoms with Crippen LogP contribution in [-0.2, 0) is 16.0 Å². The van der Waals surface area contributed by atoms with Crippen LogP contribution in [0.2, 0.25) is 10.0 Å². The molecule has 0 saturated carbocycles. The number of benzene rings is 3. The minimum Gasteiger partial charge on any atom is -0.444 e. The Kier molecular flexibility index (Phi) is 9.50. The lowest BCUT2D eigenvalue weighted by molar-refractivity contribution is -0.384. The summed E-state index contributed by atoms with van der Waals surface area (Å²) in [5, 5.41) is 16.4. The van der Waals surface area contributed by atoms with Crippen LogP contribution >= 0.6 is 23.2 Å². The quantitative estimate of drug-likeness (QED) is 0.142. The Hall–Kier alpha value is -4.15. The van der Waals surface area contributed by atoms with Crippen molar-refractivity contribution in [2.75, 3.05) is 5.32 Å². The van der Waals surface area contributed by atoms with Crippen molar-refractivity contribution in [2.24, 2.45) is 0 Å². The molecule has 1 unspecified atom stereocenters. The number of amides is 2. The average molecular weight is 574 g/mol. The Morgan fingerprint density at radius 3 is 2.23 bits per heavy atom. The third-order valence-electron chi connectivity index (χ3n) is 5.08. The molecule has 204 valence electrons. The number of carbonyl (C=O) groups excluding carboxylic acids is 3. The molecule has 0 heterocycles. The van der Waals surface area contributed by atoms with Crippen LogP contribution < -0.4 is 15.4 Å². The minimum absolute atomic E-state index is 0.00967. The van der Waals surface area contributed by atoms with E-state index < -0.39 is 46.0 Å². The zero-order valence-corrected chi connectivity index (χ0v) is 22.7. The number of nitro groups is 1. The molecular formula is C27H25Cl2N3O7. The van der Waals surface area contributed by atoms with Crippen LogP contribution in [-0.4, -0.2) is 34.5 Å². The summed E-state index contributed by atoms with van der Waals surface area (Å²) >= 11 is 12.2. The normalized spacial score (nSPS) is 11.7. The third-order valence-corrected chi connectivity index (χ3v) is 5.71. The van der Waals surface area contributed by atoms with Gasteiger partial charge in [-0.3, -0.25) is 14.9 Å². The Labute approximate surface area is 234 Å². The number of nitrogens with one attached hydrogen (secondary N) is 2. The smallest absolute Gasteiger partial charge is 0.408 e. The number of anilines is 1. The molecule has 0 aliphatic carbocycles. The fourth-order valence-corrected chi connectivity index (χ4v) is 3.78. The largest absolute Gasteiger partial charge is 0.444 e. The Morgan fingerprint density at radius 1 is 0.974 bits per heavy atom. The maximum absolute atomic E-state index is 13.3. The lowest BCUT2D eigenvalue weighted by atomic mass is 10.1. The fourth-order valence-electron chi connectivity index (χ4n) is 3.37. The number of nitro benzene ring substituents is 1. The highest BCUT2D eigenvalue weighted by atomic mass is 35.5. The fraction of sp³-hybridized carbons (Fsp3) is 0.222. The molecule has 3 aromatic carbocycles. The number of nitrogens with zero attached hydrogens (tertiary/aromatic N) is 1. The molecule has 1 atom stereocenters. The van der Waals surface area contributed by atoms with Crippen molar-refractivity contribution in [2.45, 2.75) is 38.8 Å². The van der Waals surface area contributed by atoms with E-state index in [0.29, 0.717) is 5.56 Å². The predicted octanol–water partition coefficient (Wildman–Crippen LogP) is 6.20. The minimum atomic E-state index is -1.27. The number of carbonyl (C=O) groups is 3. The van der Waals surface area contributed by atoms with Crippen LogP contribution in [0.3, 0.4) is 0 Å². The number of rotatable bonds is 8. The van der Waals surface area contributed by atoms with Gasteiger partial charge in [-0.25, -0.2) is 9.59 Å². The molecule has 0 aliphatic rings. The van der Waals surface area contributed by atoms with E-state index >= 15 is 0 Å². The first-order valence-corrected chi connectivity index (χ1v) is 12.4. The van der Waals surface area contributed by atoms with Crippen LogP contribution in [0.1, 0.15) is 36.7 Å². The van der Waals surface area contributed by atoms with Gasteiger partial charge in [0.15, 0.2) is 5.75 Å². The summed E-state index contributed by atoms with van der Waals surface area (Å²) in [6.07, 6.45) is -0.866. The SMILES string of the molecule is CC(C)(C)OC(=O)NC(Cc1ccccc1)C(=O)Oc1cc([N+](=O)[O-])c(Cl)cc1C(=O)Nc1ccccc1Cl. The predicted molar refractivity (Wildman–Crippen MR) is 146 cm³/mol. The van der Waals surface area contributed by atoms with E-state index in [1.54, 1.807) is 75.4 Å². The van der Waals surface area contributed by atoms with Crippen molar-refractivity contribution >= 4 is 52.5 Å². The van der Waals surface area contributed by atoms with Gasteiger partial charge in [0.25, 0.3) is 11.6 Å². The second kappa shape index (κ2) is 12.6. The number of halogens is 2. The summed E-state index contributed by atoms with van der Waals surface area (Å²) in [5.41, 5.74) is -0.756. The first-order chi connectivity index (χ1) is 18.3. The molecule has 2 N–H and O–H groups in total. The number of hydrogen-bond donors (Lipinski definition) is 2. The summed E-state index contributed by atoms with van der Waals surface area (Å²) in [5.74, 6) is -2.22. The molecule has 0 aliphatic heterocycles. The lowest BCUT2D eigenvalue weighted by Gasteiger charge is -2.23. The van der Waals surface area contributed by atoms with Gasteiger partial charge >= 0.3 is 12.1 Å². The van der Waals surface area contributed by atoms with Gasteiger partial charge in [0.1, 0.15) is 16.7 Å². The number of ether oxygens (including phenoxy) is 2. The van der Waals surface area contributed by atoms with E-state index in [9.17, 15) is 24.5 Å². The first kappa shape index (κ1) is 29.4. The van der Waals surface area contributed by atoms with E-state index in [2.05, 4.69) is 10.6 Å². The van der Waals surface area contributed by atoms with Gasteiger partial charge < -0.3 is 20.1 Å². The van der Waals surface area contributed by atoms with Crippen LogP contribution in [0.4, 0.5) is 16.2 Å². The molecule has 39 heavy (non-hydrogen) atoms. The average Bonchev–Trinajstić information content (AvgIpc) is 2.85. The molecule has 0 aromatic heterocycles. The van der Waals surface area contributed by atoms with Gasteiger partial charge in [-0.1, -0.05) is 65.7 Å². The summed E-state index contributed by atoms with van der Waals surface area (Å²) in [6.45, 7) is 4.98. The van der Waals surface area contributed by atoms with E-state index in [0.717, 1.165) is 12.1 Å². The number of alkyl carbamates (subject to hydrolysis) is 1. The lowest BCUT2D eigenvalue weighted by Crippen LogP contribution is -2.46. The molecule has 0 bridgehead atoms. The van der Waals surface area contributed by atoms with Crippen LogP contribution in [0.5, 0.6) is 5.75 Å². The summed E-state index contributed by atoms with van der Waals surface area (Å²) in [7, 11) is 0. The number of hydrogen-bond acceptors (Lipinski definition) is 7. The Balaban J connectivity index is 1.96. The van der Waals surface area contributed by atoms with Crippen molar-refractivity contribution in [1.82, 2.24) is 5.32 Å². The molecule has 0 saturated heterocycles. The highest BCUT2D eigenvalue weighted by Gasteiger charge is 2.29. The molecule has 10 nitrogen and oxygen atoms in total. The van der Waals surface area contributed by atoms with Crippen molar-refractivity contribution in [3.05, 3.63) is 98.0 Å². The highest BCUT2D eigenvalue weighted by molar-refractivity contribution is 6.34. The van der Waals surface area contributed by atoms with Gasteiger partial charge in [0, 0.05) is 6.42 Å². The Morgan fingerprint density at radius 2 is 1.62 bits per heavy atom. The number of esters is 1. The maximum Gasteiger partial charge on any atom is 0.408 e. The molecule has 2 amide bonds. The molecule has 0 radical (unpaired) electrons. The van der Waals surface area contributed by atoms with Crippen LogP contribution in [0, 0.1) is 10.1 Å². The Bertz CT molecular complexity index is 1390. The second-order valence-electron chi connectivity index (χ2n) is 9.30. The molecule has 12 heteroatoms. The zero-order chi connectivity index (χ0) is 28.7. The molecular weight excluding hydrogens is 549 g/mol. The number of para-hydroxylation sites is 1. The molecule has 0 spiro atoms. The van der Waals surface area contributed by atoms with Crippen molar-refractivity contribution in [3.63, 3.8) is 0 Å². The monoisotopic (exact) mass is 573 g/mol. The van der Waals surface area contributed by atoms with Gasteiger partial charge in [-0.2, -0.15) is 0 Å². The molecule has 3 aromatic rings. The van der Waals surface area contributed by atoms with Crippen molar-refractivity contribution in [3.8, 4) is 5.75 Å². The molecule has 3 rings (SSSR count). The molecule has 0 fully saturated rings. The van der Waals surface area contributed by atoms with Crippen molar-refractivity contribution in [1.29, 1.82) is 0 Å². The summed E-state index contributed by atoms with van der Waals surface area (Å²) < 4.78 is 10.8. The summed E-state index contributed by atoms with van der Waals surface area (Å²) in [6, 6.07) is 15.8. The van der Waals surface area contributed by atoms with Gasteiger partial charge in [-0.15, -0.1) is 0 Å². The second-order valence-corrected chi connectivity index (χ2v) is 10.1. The van der Waals surface area contributed by atoms with Gasteiger partial charge in [0.05, 0.1) is 27.3 Å². The summed E-state index contributed by atoms with van der Waals surface area (Å²) in [4.78, 5) is 49.7. The van der Waals surface area contributed by atoms with Crippen LogP contribution in [0.25, 0.3) is 0 Å². The maximum atomic E-state index is 13.3. The first-order valence-electron chi connectivity index (χ1n) is 11.6. The topological polar surface area (TPSA) is 137 Å². The van der Waals surface area contributed by atoms with E-state index in [4.69, 9.17) is 32.7 Å². The standard InChI is InChI=1S/C27H25Cl2N3O7/c1-27(2,3)39-26(35)31-21(13-16-9-5-4-6-10-16)25(34)38-23-15-22(32(36)37)19(29)14-17(23)24(33)30-20-12-8-7-11-18(20)28/h4-12,14-15,21H,13H2,1-3H3,(H,30,33)(H,31,35). The van der Waals surface area contributed by atoms with Crippen molar-refractivity contribution < 1.29 is 28.8 Å². The van der Waals surface area contributed by atoms with Gasteiger partial charge in [0.2, 0.25) is 0 Å². The van der Waals surface area contributed by atoms with Gasteiger partial charge in [-0.05, 0) is 44.5 Å². The van der Waals surface area contributed by atoms with E-state index in [1.807, 2.05) is 0 Å².